The van der Waals surface area contributed by atoms with Gasteiger partial charge in [0.1, 0.15) is 0 Å². The van der Waals surface area contributed by atoms with Gasteiger partial charge >= 0.3 is 0 Å². The molecule has 0 bridgehead atoms. The Labute approximate surface area is 84.4 Å². The maximum atomic E-state index is 4.13. The van der Waals surface area contributed by atoms with Gasteiger partial charge in [-0.2, -0.15) is 0 Å². The van der Waals surface area contributed by atoms with Crippen molar-refractivity contribution in [3.8, 4) is 11.1 Å². The van der Waals surface area contributed by atoms with E-state index in [0.29, 0.717) is 0 Å². The zero-order chi connectivity index (χ0) is 9.97. The number of nitrogens with zero attached hydrogens (tertiary/aromatic N) is 1. The second-order valence-corrected chi connectivity index (χ2v) is 3.56. The molecule has 0 saturated carbocycles. The maximum Gasteiger partial charge on any atom is 0.0346 e. The van der Waals surface area contributed by atoms with E-state index in [1.807, 2.05) is 12.3 Å². The van der Waals surface area contributed by atoms with E-state index in [2.05, 4.69) is 43.1 Å². The standard InChI is InChI=1S/C13H13N/c1-10-5-6-11(2)13(8-10)12-4-3-7-14-9-12/h3-9H,1-2H3. The van der Waals surface area contributed by atoms with Gasteiger partial charge in [-0.05, 0) is 31.0 Å². The van der Waals surface area contributed by atoms with Gasteiger partial charge in [-0.3, -0.25) is 4.98 Å². The van der Waals surface area contributed by atoms with Gasteiger partial charge in [0.25, 0.3) is 0 Å². The highest BCUT2D eigenvalue weighted by molar-refractivity contribution is 5.66. The Balaban J connectivity index is 2.57. The van der Waals surface area contributed by atoms with Crippen molar-refractivity contribution < 1.29 is 0 Å². The Morgan fingerprint density at radius 1 is 1.07 bits per heavy atom. The third kappa shape index (κ3) is 1.67. The molecule has 0 unspecified atom stereocenters. The molecule has 1 heterocycles. The Morgan fingerprint density at radius 3 is 2.64 bits per heavy atom. The van der Waals surface area contributed by atoms with Crippen LogP contribution >= 0.6 is 0 Å². The van der Waals surface area contributed by atoms with E-state index >= 15 is 0 Å². The molecule has 0 atom stereocenters. The lowest BCUT2D eigenvalue weighted by Crippen LogP contribution is -1.85. The zero-order valence-corrected chi connectivity index (χ0v) is 8.49. The van der Waals surface area contributed by atoms with Crippen LogP contribution in [0.2, 0.25) is 0 Å². The Hall–Kier alpha value is -1.63. The normalized spacial score (nSPS) is 10.1. The van der Waals surface area contributed by atoms with Gasteiger partial charge in [0, 0.05) is 18.0 Å². The molecule has 0 fully saturated rings. The van der Waals surface area contributed by atoms with Crippen molar-refractivity contribution >= 4 is 0 Å². The van der Waals surface area contributed by atoms with Crippen molar-refractivity contribution in [2.45, 2.75) is 13.8 Å². The molecule has 0 amide bonds. The van der Waals surface area contributed by atoms with Crippen molar-refractivity contribution in [1.29, 1.82) is 0 Å². The van der Waals surface area contributed by atoms with Gasteiger partial charge in [-0.25, -0.2) is 0 Å². The first kappa shape index (κ1) is 8.95. The van der Waals surface area contributed by atoms with Gasteiger partial charge in [0.15, 0.2) is 0 Å². The molecule has 0 aliphatic rings. The van der Waals surface area contributed by atoms with Crippen LogP contribution in [0.15, 0.2) is 42.7 Å². The van der Waals surface area contributed by atoms with E-state index < -0.39 is 0 Å². The van der Waals surface area contributed by atoms with E-state index in [0.717, 1.165) is 0 Å². The molecule has 2 aromatic rings. The van der Waals surface area contributed by atoms with Crippen molar-refractivity contribution in [1.82, 2.24) is 4.98 Å². The average Bonchev–Trinajstić information content (AvgIpc) is 2.23. The molecule has 1 nitrogen and oxygen atoms in total. The third-order valence-electron chi connectivity index (χ3n) is 2.37. The predicted molar refractivity (Wildman–Crippen MR) is 59.1 cm³/mol. The van der Waals surface area contributed by atoms with Crippen LogP contribution in [0.25, 0.3) is 11.1 Å². The molecule has 1 heteroatoms. The number of hydrogen-bond acceptors (Lipinski definition) is 1. The fourth-order valence-corrected chi connectivity index (χ4v) is 1.57. The van der Waals surface area contributed by atoms with Crippen LogP contribution in [-0.4, -0.2) is 4.98 Å². The van der Waals surface area contributed by atoms with Gasteiger partial charge in [-0.1, -0.05) is 29.8 Å². The number of benzene rings is 1. The molecular formula is C13H13N. The first-order valence-electron chi connectivity index (χ1n) is 4.75. The van der Waals surface area contributed by atoms with Crippen molar-refractivity contribution in [2.75, 3.05) is 0 Å². The van der Waals surface area contributed by atoms with E-state index in [4.69, 9.17) is 0 Å². The first-order chi connectivity index (χ1) is 6.77. The molecule has 0 aliphatic carbocycles. The van der Waals surface area contributed by atoms with Crippen LogP contribution in [0.1, 0.15) is 11.1 Å². The Morgan fingerprint density at radius 2 is 1.93 bits per heavy atom. The highest BCUT2D eigenvalue weighted by Gasteiger charge is 2.00. The average molecular weight is 183 g/mol. The number of rotatable bonds is 1. The summed E-state index contributed by atoms with van der Waals surface area (Å²) in [6.07, 6.45) is 3.70. The number of hydrogen-bond donors (Lipinski definition) is 0. The van der Waals surface area contributed by atoms with E-state index in [9.17, 15) is 0 Å². The highest BCUT2D eigenvalue weighted by atomic mass is 14.6. The fraction of sp³-hybridized carbons (Fsp3) is 0.154. The summed E-state index contributed by atoms with van der Waals surface area (Å²) in [5, 5.41) is 0. The van der Waals surface area contributed by atoms with E-state index in [-0.39, 0.29) is 0 Å². The molecule has 0 spiro atoms. The molecule has 0 radical (unpaired) electrons. The quantitative estimate of drug-likeness (QED) is 0.660. The number of aryl methyl sites for hydroxylation is 2. The van der Waals surface area contributed by atoms with Gasteiger partial charge < -0.3 is 0 Å². The van der Waals surface area contributed by atoms with Crippen molar-refractivity contribution in [2.24, 2.45) is 0 Å². The second kappa shape index (κ2) is 3.62. The van der Waals surface area contributed by atoms with E-state index in [1.165, 1.54) is 22.3 Å². The Bertz CT molecular complexity index is 432. The predicted octanol–water partition coefficient (Wildman–Crippen LogP) is 3.37. The summed E-state index contributed by atoms with van der Waals surface area (Å²) in [4.78, 5) is 4.13. The molecule has 0 N–H and O–H groups in total. The zero-order valence-electron chi connectivity index (χ0n) is 8.49. The first-order valence-corrected chi connectivity index (χ1v) is 4.75. The highest BCUT2D eigenvalue weighted by Crippen LogP contribution is 2.23. The summed E-state index contributed by atoms with van der Waals surface area (Å²) in [6.45, 7) is 4.24. The van der Waals surface area contributed by atoms with Crippen LogP contribution in [0.4, 0.5) is 0 Å². The summed E-state index contributed by atoms with van der Waals surface area (Å²) >= 11 is 0. The van der Waals surface area contributed by atoms with Crippen LogP contribution in [-0.2, 0) is 0 Å². The minimum Gasteiger partial charge on any atom is -0.264 e. The topological polar surface area (TPSA) is 12.9 Å². The lowest BCUT2D eigenvalue weighted by Gasteiger charge is -2.06. The lowest BCUT2D eigenvalue weighted by molar-refractivity contribution is 1.31. The lowest BCUT2D eigenvalue weighted by atomic mass is 10.00. The number of pyridine rings is 1. The molecular weight excluding hydrogens is 170 g/mol. The molecule has 1 aromatic heterocycles. The SMILES string of the molecule is Cc1ccc(C)c(-c2cccnc2)c1. The van der Waals surface area contributed by atoms with Crippen LogP contribution < -0.4 is 0 Å². The van der Waals surface area contributed by atoms with Crippen molar-refractivity contribution in [3.63, 3.8) is 0 Å². The summed E-state index contributed by atoms with van der Waals surface area (Å²) in [6, 6.07) is 10.5. The molecule has 0 saturated heterocycles. The number of aromatic nitrogens is 1. The van der Waals surface area contributed by atoms with Crippen molar-refractivity contribution in [3.05, 3.63) is 53.9 Å². The van der Waals surface area contributed by atoms with Gasteiger partial charge in [-0.15, -0.1) is 0 Å². The minimum atomic E-state index is 1.19. The minimum absolute atomic E-state index is 1.19. The smallest absolute Gasteiger partial charge is 0.0346 e. The molecule has 14 heavy (non-hydrogen) atoms. The summed E-state index contributed by atoms with van der Waals surface area (Å²) < 4.78 is 0. The largest absolute Gasteiger partial charge is 0.264 e. The monoisotopic (exact) mass is 183 g/mol. The van der Waals surface area contributed by atoms with E-state index in [1.54, 1.807) is 6.20 Å². The molecule has 1 aromatic carbocycles. The summed E-state index contributed by atoms with van der Waals surface area (Å²) in [5.74, 6) is 0. The fourth-order valence-electron chi connectivity index (χ4n) is 1.57. The molecule has 2 rings (SSSR count). The molecule has 0 aliphatic heterocycles. The van der Waals surface area contributed by atoms with Crippen LogP contribution in [0.3, 0.4) is 0 Å². The second-order valence-electron chi connectivity index (χ2n) is 3.56. The summed E-state index contributed by atoms with van der Waals surface area (Å²) in [7, 11) is 0. The van der Waals surface area contributed by atoms with Gasteiger partial charge in [0.2, 0.25) is 0 Å². The van der Waals surface area contributed by atoms with Gasteiger partial charge in [0.05, 0.1) is 0 Å². The van der Waals surface area contributed by atoms with Crippen LogP contribution in [0, 0.1) is 13.8 Å². The maximum absolute atomic E-state index is 4.13. The molecule has 70 valence electrons. The summed E-state index contributed by atoms with van der Waals surface area (Å²) in [5.41, 5.74) is 5.05. The van der Waals surface area contributed by atoms with Crippen LogP contribution in [0.5, 0.6) is 0 Å². The third-order valence-corrected chi connectivity index (χ3v) is 2.37. The Kier molecular flexibility index (Phi) is 2.32.